The lowest BCUT2D eigenvalue weighted by atomic mass is 10.3. The Morgan fingerprint density at radius 2 is 2.20 bits per heavy atom. The van der Waals surface area contributed by atoms with E-state index in [9.17, 15) is 13.2 Å². The van der Waals surface area contributed by atoms with E-state index >= 15 is 0 Å². The number of amidine groups is 1. The molecule has 1 aromatic carbocycles. The second-order valence-corrected chi connectivity index (χ2v) is 5.26. The fourth-order valence-electron chi connectivity index (χ4n) is 1.13. The average Bonchev–Trinajstić information content (AvgIpc) is 2.30. The molecule has 1 aromatic rings. The number of nitrogens with zero attached hydrogens (tertiary/aromatic N) is 2. The van der Waals surface area contributed by atoms with Gasteiger partial charge in [-0.1, -0.05) is 39.3 Å². The molecular weight excluding hydrogens is 383 g/mol. The van der Waals surface area contributed by atoms with Gasteiger partial charge in [-0.05, 0) is 18.4 Å². The van der Waals surface area contributed by atoms with Crippen LogP contribution in [0.15, 0.2) is 21.6 Å². The summed E-state index contributed by atoms with van der Waals surface area (Å²) < 4.78 is 41.2. The molecule has 0 saturated carbocycles. The van der Waals surface area contributed by atoms with Crippen molar-refractivity contribution in [1.82, 2.24) is 5.32 Å². The Morgan fingerprint density at radius 1 is 1.55 bits per heavy atom. The third-order valence-electron chi connectivity index (χ3n) is 1.79. The summed E-state index contributed by atoms with van der Waals surface area (Å²) in [6, 6.07) is 2.45. The van der Waals surface area contributed by atoms with Crippen molar-refractivity contribution in [3.63, 3.8) is 0 Å². The van der Waals surface area contributed by atoms with Crippen molar-refractivity contribution in [2.45, 2.75) is 6.36 Å². The lowest BCUT2D eigenvalue weighted by Crippen LogP contribution is -2.18. The Kier molecular flexibility index (Phi) is 5.98. The molecule has 0 aromatic heterocycles. The van der Waals surface area contributed by atoms with E-state index in [1.54, 1.807) is 12.4 Å². The summed E-state index contributed by atoms with van der Waals surface area (Å²) in [7, 11) is 0. The summed E-state index contributed by atoms with van der Waals surface area (Å²) in [5.74, 6) is -0.567. The summed E-state index contributed by atoms with van der Waals surface area (Å²) in [6.07, 6.45) is -1.66. The van der Waals surface area contributed by atoms with Gasteiger partial charge in [0.1, 0.15) is 5.69 Å². The second-order valence-electron chi connectivity index (χ2n) is 3.14. The molecule has 0 atom stereocenters. The molecule has 108 valence electrons. The van der Waals surface area contributed by atoms with E-state index in [4.69, 9.17) is 16.9 Å². The first-order chi connectivity index (χ1) is 9.26. The van der Waals surface area contributed by atoms with Gasteiger partial charge < -0.3 is 4.74 Å². The minimum atomic E-state index is -4.88. The van der Waals surface area contributed by atoms with Crippen LogP contribution in [0.5, 0.6) is 5.75 Å². The van der Waals surface area contributed by atoms with E-state index in [2.05, 4.69) is 31.0 Å². The van der Waals surface area contributed by atoms with Gasteiger partial charge in [0.2, 0.25) is 0 Å². The van der Waals surface area contributed by atoms with Gasteiger partial charge in [0.05, 0.1) is 5.02 Å². The SMILES string of the molecule is CSC(=Nc1c(Cl)cc(Br)cc1OC(F)(F)F)NC#N. The lowest BCUT2D eigenvalue weighted by Gasteiger charge is -2.13. The molecule has 0 amide bonds. The van der Waals surface area contributed by atoms with Crippen LogP contribution in [0.3, 0.4) is 0 Å². The molecule has 1 N–H and O–H groups in total. The maximum atomic E-state index is 12.3. The van der Waals surface area contributed by atoms with Gasteiger partial charge >= 0.3 is 6.36 Å². The molecule has 0 spiro atoms. The third-order valence-corrected chi connectivity index (χ3v) is 3.11. The number of nitrogens with one attached hydrogen (secondary N) is 1. The molecule has 0 aliphatic carbocycles. The molecule has 10 heteroatoms. The molecule has 0 bridgehead atoms. The molecule has 0 heterocycles. The fraction of sp³-hybridized carbons (Fsp3) is 0.200. The van der Waals surface area contributed by atoms with E-state index in [0.29, 0.717) is 4.47 Å². The Morgan fingerprint density at radius 3 is 2.70 bits per heavy atom. The number of aliphatic imine (C=N–C) groups is 1. The highest BCUT2D eigenvalue weighted by molar-refractivity contribution is 9.10. The van der Waals surface area contributed by atoms with Gasteiger partial charge in [0.15, 0.2) is 17.1 Å². The van der Waals surface area contributed by atoms with E-state index in [1.165, 1.54) is 6.07 Å². The van der Waals surface area contributed by atoms with Crippen LogP contribution in [-0.2, 0) is 0 Å². The zero-order valence-electron chi connectivity index (χ0n) is 9.76. The number of alkyl halides is 3. The third kappa shape index (κ3) is 5.11. The van der Waals surface area contributed by atoms with Crippen LogP contribution in [0.2, 0.25) is 5.02 Å². The van der Waals surface area contributed by atoms with Gasteiger partial charge in [-0.15, -0.1) is 13.2 Å². The largest absolute Gasteiger partial charge is 0.573 e. The number of halogens is 5. The minimum absolute atomic E-state index is 0.0510. The topological polar surface area (TPSA) is 57.4 Å². The van der Waals surface area contributed by atoms with Crippen molar-refractivity contribution in [1.29, 1.82) is 5.26 Å². The van der Waals surface area contributed by atoms with Gasteiger partial charge in [0.25, 0.3) is 0 Å². The van der Waals surface area contributed by atoms with Gasteiger partial charge in [-0.3, -0.25) is 5.32 Å². The first-order valence-electron chi connectivity index (χ1n) is 4.79. The van der Waals surface area contributed by atoms with Crippen LogP contribution in [0.25, 0.3) is 0 Å². The molecule has 4 nitrogen and oxygen atoms in total. The van der Waals surface area contributed by atoms with Gasteiger partial charge in [-0.25, -0.2) is 4.99 Å². The zero-order valence-corrected chi connectivity index (χ0v) is 12.9. The average molecular weight is 389 g/mol. The molecule has 0 unspecified atom stereocenters. The van der Waals surface area contributed by atoms with Crippen molar-refractivity contribution in [3.05, 3.63) is 21.6 Å². The molecule has 20 heavy (non-hydrogen) atoms. The number of rotatable bonds is 2. The standard InChI is InChI=1S/C10H6BrClF3N3OS/c1-20-9(17-4-16)18-8-6(12)2-5(11)3-7(8)19-10(13,14)15/h2-3H,1H3,(H,17,18). The van der Waals surface area contributed by atoms with Crippen LogP contribution < -0.4 is 10.1 Å². The number of benzene rings is 1. The van der Waals surface area contributed by atoms with Gasteiger partial charge in [-0.2, -0.15) is 5.26 Å². The highest BCUT2D eigenvalue weighted by Gasteiger charge is 2.33. The predicted octanol–water partition coefficient (Wildman–Crippen LogP) is 4.42. The van der Waals surface area contributed by atoms with E-state index < -0.39 is 12.1 Å². The van der Waals surface area contributed by atoms with Crippen LogP contribution >= 0.6 is 39.3 Å². The van der Waals surface area contributed by atoms with E-state index in [1.807, 2.05) is 0 Å². The van der Waals surface area contributed by atoms with Crippen molar-refractivity contribution in [2.24, 2.45) is 4.99 Å². The second kappa shape index (κ2) is 7.06. The number of nitriles is 1. The monoisotopic (exact) mass is 387 g/mol. The summed E-state index contributed by atoms with van der Waals surface area (Å²) >= 11 is 9.91. The Balaban J connectivity index is 3.33. The number of ether oxygens (including phenoxy) is 1. The zero-order chi connectivity index (χ0) is 15.3. The van der Waals surface area contributed by atoms with Crippen LogP contribution in [0.4, 0.5) is 18.9 Å². The number of thioether (sulfide) groups is 1. The summed E-state index contributed by atoms with van der Waals surface area (Å²) in [6.45, 7) is 0. The Bertz CT molecular complexity index is 574. The van der Waals surface area contributed by atoms with Crippen molar-refractivity contribution >= 4 is 50.1 Å². The molecule has 0 fully saturated rings. The first-order valence-corrected chi connectivity index (χ1v) is 7.19. The Labute approximate surface area is 130 Å². The predicted molar refractivity (Wildman–Crippen MR) is 75.2 cm³/mol. The van der Waals surface area contributed by atoms with Gasteiger partial charge in [0, 0.05) is 4.47 Å². The van der Waals surface area contributed by atoms with E-state index in [-0.39, 0.29) is 15.9 Å². The lowest BCUT2D eigenvalue weighted by molar-refractivity contribution is -0.274. The van der Waals surface area contributed by atoms with Crippen molar-refractivity contribution < 1.29 is 17.9 Å². The number of hydrogen-bond acceptors (Lipinski definition) is 4. The molecule has 1 rings (SSSR count). The quantitative estimate of drug-likeness (QED) is 0.353. The first kappa shape index (κ1) is 16.9. The normalized spacial score (nSPS) is 11.9. The molecule has 0 saturated heterocycles. The molecule has 0 aliphatic rings. The summed E-state index contributed by atoms with van der Waals surface area (Å²) in [4.78, 5) is 3.86. The van der Waals surface area contributed by atoms with Crippen LogP contribution in [0.1, 0.15) is 0 Å². The fourth-order valence-corrected chi connectivity index (χ4v) is 2.28. The minimum Gasteiger partial charge on any atom is -0.403 e. The number of hydrogen-bond donors (Lipinski definition) is 1. The van der Waals surface area contributed by atoms with Crippen molar-refractivity contribution in [2.75, 3.05) is 6.26 Å². The van der Waals surface area contributed by atoms with Crippen LogP contribution in [-0.4, -0.2) is 17.8 Å². The highest BCUT2D eigenvalue weighted by Crippen LogP contribution is 2.41. The van der Waals surface area contributed by atoms with Crippen LogP contribution in [0, 0.1) is 11.5 Å². The van der Waals surface area contributed by atoms with E-state index in [0.717, 1.165) is 17.8 Å². The Hall–Kier alpha value is -1.11. The maximum absolute atomic E-state index is 12.3. The summed E-state index contributed by atoms with van der Waals surface area (Å²) in [5, 5.41) is 10.8. The highest BCUT2D eigenvalue weighted by atomic mass is 79.9. The van der Waals surface area contributed by atoms with Crippen molar-refractivity contribution in [3.8, 4) is 11.9 Å². The summed E-state index contributed by atoms with van der Waals surface area (Å²) in [5.41, 5.74) is -0.223. The maximum Gasteiger partial charge on any atom is 0.573 e. The molecule has 0 aliphatic heterocycles. The smallest absolute Gasteiger partial charge is 0.403 e. The molecular formula is C10H6BrClF3N3OS. The molecule has 0 radical (unpaired) electrons.